The highest BCUT2D eigenvalue weighted by atomic mass is 16.4. The van der Waals surface area contributed by atoms with Gasteiger partial charge in [-0.1, -0.05) is 0 Å². The molecule has 2 heterocycles. The molecule has 0 aliphatic carbocycles. The van der Waals surface area contributed by atoms with Crippen LogP contribution in [0.4, 0.5) is 0 Å². The highest BCUT2D eigenvalue weighted by molar-refractivity contribution is 5.82. The minimum Gasteiger partial charge on any atom is -0.478 e. The minimum atomic E-state index is -1.17. The molecule has 0 aliphatic rings. The highest BCUT2D eigenvalue weighted by Gasteiger charge is 2.06. The maximum Gasteiger partial charge on any atom is 0.372 e. The molecule has 0 spiro atoms. The molecule has 0 bridgehead atoms. The summed E-state index contributed by atoms with van der Waals surface area (Å²) in [5.74, 6) is -1.17. The molecule has 0 aliphatic heterocycles. The van der Waals surface area contributed by atoms with Gasteiger partial charge in [0.15, 0.2) is 0 Å². The smallest absolute Gasteiger partial charge is 0.372 e. The lowest BCUT2D eigenvalue weighted by atomic mass is 10.4. The van der Waals surface area contributed by atoms with Crippen LogP contribution >= 0.6 is 0 Å². The van der Waals surface area contributed by atoms with Gasteiger partial charge in [0.05, 0.1) is 11.9 Å². The average Bonchev–Trinajstić information content (AvgIpc) is 2.69. The molecule has 2 aromatic heterocycles. The Kier molecular flexibility index (Phi) is 2.77. The number of carboxylic acid groups (broad SMARTS) is 1. The summed E-state index contributed by atoms with van der Waals surface area (Å²) in [7, 11) is 0. The summed E-state index contributed by atoms with van der Waals surface area (Å²) in [6.45, 7) is 0. The summed E-state index contributed by atoms with van der Waals surface area (Å²) >= 11 is 0. The van der Waals surface area contributed by atoms with E-state index in [9.17, 15) is 9.59 Å². The fourth-order valence-electron chi connectivity index (χ4n) is 1.13. The maximum absolute atomic E-state index is 11.7. The summed E-state index contributed by atoms with van der Waals surface area (Å²) in [4.78, 5) is 25.8. The van der Waals surface area contributed by atoms with Crippen LogP contribution in [0.15, 0.2) is 35.4 Å². The van der Waals surface area contributed by atoms with Crippen molar-refractivity contribution < 1.29 is 9.90 Å². The molecule has 0 saturated carbocycles. The fraction of sp³-hybridized carbons (Fsp3) is 0. The molecule has 8 heteroatoms. The van der Waals surface area contributed by atoms with Gasteiger partial charge in [-0.2, -0.15) is 9.36 Å². The zero-order chi connectivity index (χ0) is 12.3. The van der Waals surface area contributed by atoms with Crippen molar-refractivity contribution in [1.29, 1.82) is 0 Å². The predicted octanol–water partition coefficient (Wildman–Crippen LogP) is -0.621. The number of tetrazole rings is 1. The van der Waals surface area contributed by atoms with Crippen molar-refractivity contribution in [1.82, 2.24) is 24.8 Å². The lowest BCUT2D eigenvalue weighted by molar-refractivity contribution is -0.131. The highest BCUT2D eigenvalue weighted by Crippen LogP contribution is 1.97. The Morgan fingerprint density at radius 1 is 1.41 bits per heavy atom. The van der Waals surface area contributed by atoms with Crippen LogP contribution in [0.2, 0.25) is 0 Å². The number of pyridine rings is 1. The van der Waals surface area contributed by atoms with E-state index in [1.807, 2.05) is 0 Å². The normalized spacial score (nSPS) is 10.8. The van der Waals surface area contributed by atoms with Crippen molar-refractivity contribution in [2.75, 3.05) is 0 Å². The molecule has 1 N–H and O–H groups in total. The van der Waals surface area contributed by atoms with Gasteiger partial charge in [-0.25, -0.2) is 9.59 Å². The Morgan fingerprint density at radius 2 is 2.24 bits per heavy atom. The SMILES string of the molecule is O=C(O)/C=C\n1nnn(-c2cccnc2)c1=O. The molecule has 2 aromatic rings. The molecule has 8 nitrogen and oxygen atoms in total. The van der Waals surface area contributed by atoms with E-state index in [4.69, 9.17) is 5.11 Å². The van der Waals surface area contributed by atoms with Crippen LogP contribution in [-0.2, 0) is 4.79 Å². The van der Waals surface area contributed by atoms with Crippen molar-refractivity contribution in [3.05, 3.63) is 41.1 Å². The summed E-state index contributed by atoms with van der Waals surface area (Å²) in [5, 5.41) is 15.5. The lowest BCUT2D eigenvalue weighted by Gasteiger charge is -1.94. The molecule has 0 fully saturated rings. The van der Waals surface area contributed by atoms with Crippen LogP contribution in [0.3, 0.4) is 0 Å². The van der Waals surface area contributed by atoms with Gasteiger partial charge < -0.3 is 5.11 Å². The van der Waals surface area contributed by atoms with E-state index in [2.05, 4.69) is 15.4 Å². The van der Waals surface area contributed by atoms with E-state index in [0.29, 0.717) is 5.69 Å². The number of aliphatic carboxylic acids is 1. The van der Waals surface area contributed by atoms with Gasteiger partial charge in [-0.15, -0.1) is 0 Å². The van der Waals surface area contributed by atoms with Crippen molar-refractivity contribution >= 4 is 12.2 Å². The van der Waals surface area contributed by atoms with E-state index in [-0.39, 0.29) is 0 Å². The average molecular weight is 233 g/mol. The molecular weight excluding hydrogens is 226 g/mol. The molecule has 0 saturated heterocycles. The number of nitrogens with zero attached hydrogens (tertiary/aromatic N) is 5. The monoisotopic (exact) mass is 233 g/mol. The predicted molar refractivity (Wildman–Crippen MR) is 56.4 cm³/mol. The molecule has 0 aromatic carbocycles. The number of carboxylic acids is 1. The van der Waals surface area contributed by atoms with Gasteiger partial charge in [-0.05, 0) is 22.6 Å². The standard InChI is InChI=1S/C9H7N5O3/c15-8(16)3-5-13-9(17)14(12-11-13)7-2-1-4-10-6-7/h1-6H,(H,15,16)/b5-3-. The first-order chi connectivity index (χ1) is 8.18. The van der Waals surface area contributed by atoms with Gasteiger partial charge in [-0.3, -0.25) is 4.98 Å². The van der Waals surface area contributed by atoms with Crippen LogP contribution in [0.25, 0.3) is 11.9 Å². The van der Waals surface area contributed by atoms with Gasteiger partial charge in [0.25, 0.3) is 0 Å². The number of hydrogen-bond acceptors (Lipinski definition) is 5. The van der Waals surface area contributed by atoms with Gasteiger partial charge in [0.2, 0.25) is 0 Å². The van der Waals surface area contributed by atoms with Crippen LogP contribution < -0.4 is 5.69 Å². The molecule has 0 atom stereocenters. The van der Waals surface area contributed by atoms with E-state index in [0.717, 1.165) is 21.6 Å². The molecule has 0 unspecified atom stereocenters. The summed E-state index contributed by atoms with van der Waals surface area (Å²) in [6.07, 6.45) is 4.82. The van der Waals surface area contributed by atoms with Crippen molar-refractivity contribution in [2.24, 2.45) is 0 Å². The Hall–Kier alpha value is -2.77. The number of carbonyl (C=O) groups is 1. The van der Waals surface area contributed by atoms with Crippen LogP contribution in [0.1, 0.15) is 0 Å². The zero-order valence-corrected chi connectivity index (χ0v) is 8.46. The Bertz CT molecular complexity index is 613. The zero-order valence-electron chi connectivity index (χ0n) is 8.46. The van der Waals surface area contributed by atoms with Gasteiger partial charge in [0.1, 0.15) is 0 Å². The molecule has 2 rings (SSSR count). The van der Waals surface area contributed by atoms with Crippen LogP contribution in [0.5, 0.6) is 0 Å². The third kappa shape index (κ3) is 2.25. The first-order valence-electron chi connectivity index (χ1n) is 4.54. The van der Waals surface area contributed by atoms with Crippen LogP contribution in [-0.4, -0.2) is 35.9 Å². The second kappa shape index (κ2) is 4.39. The molecular formula is C9H7N5O3. The first kappa shape index (κ1) is 10.7. The maximum atomic E-state index is 11.7. The molecule has 86 valence electrons. The molecule has 0 amide bonds. The molecule has 0 radical (unpaired) electrons. The minimum absolute atomic E-state index is 0.451. The van der Waals surface area contributed by atoms with Gasteiger partial charge in [0, 0.05) is 18.5 Å². The second-order valence-electron chi connectivity index (χ2n) is 2.98. The lowest BCUT2D eigenvalue weighted by Crippen LogP contribution is -2.21. The summed E-state index contributed by atoms with van der Waals surface area (Å²) < 4.78 is 1.83. The van der Waals surface area contributed by atoms with Crippen molar-refractivity contribution in [3.8, 4) is 5.69 Å². The quantitative estimate of drug-likeness (QED) is 0.708. The Balaban J connectivity index is 2.41. The summed E-state index contributed by atoms with van der Waals surface area (Å²) in [6, 6.07) is 3.28. The third-order valence-corrected chi connectivity index (χ3v) is 1.85. The van der Waals surface area contributed by atoms with E-state index in [1.54, 1.807) is 18.3 Å². The van der Waals surface area contributed by atoms with Gasteiger partial charge >= 0.3 is 11.7 Å². The number of hydrogen-bond donors (Lipinski definition) is 1. The fourth-order valence-corrected chi connectivity index (χ4v) is 1.13. The summed E-state index contributed by atoms with van der Waals surface area (Å²) in [5.41, 5.74) is -0.122. The van der Waals surface area contributed by atoms with E-state index < -0.39 is 11.7 Å². The van der Waals surface area contributed by atoms with E-state index >= 15 is 0 Å². The third-order valence-electron chi connectivity index (χ3n) is 1.85. The first-order valence-corrected chi connectivity index (χ1v) is 4.54. The molecule has 17 heavy (non-hydrogen) atoms. The van der Waals surface area contributed by atoms with Crippen molar-refractivity contribution in [3.63, 3.8) is 0 Å². The largest absolute Gasteiger partial charge is 0.478 e. The second-order valence-corrected chi connectivity index (χ2v) is 2.98. The Labute approximate surface area is 94.4 Å². The topological polar surface area (TPSA) is 103 Å². The number of aromatic nitrogens is 5. The van der Waals surface area contributed by atoms with E-state index in [1.165, 1.54) is 6.20 Å². The van der Waals surface area contributed by atoms with Crippen molar-refractivity contribution in [2.45, 2.75) is 0 Å². The number of rotatable bonds is 3. The Morgan fingerprint density at radius 3 is 2.88 bits per heavy atom. The van der Waals surface area contributed by atoms with Crippen LogP contribution in [0, 0.1) is 0 Å².